The van der Waals surface area contributed by atoms with Gasteiger partial charge in [0.25, 0.3) is 0 Å². The summed E-state index contributed by atoms with van der Waals surface area (Å²) in [4.78, 5) is 0.682. The van der Waals surface area contributed by atoms with E-state index < -0.39 is 21.4 Å². The van der Waals surface area contributed by atoms with Crippen LogP contribution in [0.4, 0.5) is 4.39 Å². The summed E-state index contributed by atoms with van der Waals surface area (Å²) in [7, 11) is -3.91. The number of sulfonamides is 1. The highest BCUT2D eigenvalue weighted by Crippen LogP contribution is 2.22. The number of nitriles is 1. The minimum Gasteiger partial charge on any atom is -0.211 e. The smallest absolute Gasteiger partial charge is 0.211 e. The van der Waals surface area contributed by atoms with Gasteiger partial charge in [0.05, 0.1) is 3.79 Å². The van der Waals surface area contributed by atoms with Crippen LogP contribution in [0.15, 0.2) is 39.0 Å². The number of nitrogens with zero attached hydrogens (tertiary/aromatic N) is 1. The lowest BCUT2D eigenvalue weighted by atomic mass is 10.2. The molecule has 1 aromatic heterocycles. The van der Waals surface area contributed by atoms with Gasteiger partial charge in [-0.15, -0.1) is 11.3 Å². The molecule has 4 nitrogen and oxygen atoms in total. The van der Waals surface area contributed by atoms with Crippen LogP contribution in [0, 0.1) is 17.1 Å². The van der Waals surface area contributed by atoms with Crippen molar-refractivity contribution in [2.24, 2.45) is 0 Å². The van der Waals surface area contributed by atoms with Crippen molar-refractivity contribution in [2.45, 2.75) is 11.3 Å². The standard InChI is InChI=1S/C13H10BrFN2O2S2/c14-13-5-4-9(20-13)6-7-17-21(18,19)12-3-1-2-11(15)10(12)8-16/h1-5,17H,6-7H2. The molecule has 2 rings (SSSR count). The second-order valence-corrected chi connectivity index (χ2v) is 8.36. The van der Waals surface area contributed by atoms with Gasteiger partial charge in [-0.2, -0.15) is 5.26 Å². The van der Waals surface area contributed by atoms with Gasteiger partial charge >= 0.3 is 0 Å². The molecule has 8 heteroatoms. The number of benzene rings is 1. The molecule has 0 aliphatic rings. The number of halogens is 2. The van der Waals surface area contributed by atoms with Crippen molar-refractivity contribution in [1.82, 2.24) is 4.72 Å². The maximum atomic E-state index is 13.5. The van der Waals surface area contributed by atoms with Crippen molar-refractivity contribution in [1.29, 1.82) is 5.26 Å². The largest absolute Gasteiger partial charge is 0.242 e. The maximum absolute atomic E-state index is 13.5. The fourth-order valence-corrected chi connectivity index (χ4v) is 4.39. The number of hydrogen-bond acceptors (Lipinski definition) is 4. The summed E-state index contributed by atoms with van der Waals surface area (Å²) < 4.78 is 41.1. The van der Waals surface area contributed by atoms with Gasteiger partial charge in [0.15, 0.2) is 0 Å². The van der Waals surface area contributed by atoms with Crippen molar-refractivity contribution in [2.75, 3.05) is 6.54 Å². The van der Waals surface area contributed by atoms with E-state index in [4.69, 9.17) is 5.26 Å². The maximum Gasteiger partial charge on any atom is 0.242 e. The molecule has 0 aliphatic carbocycles. The highest BCUT2D eigenvalue weighted by atomic mass is 79.9. The molecular formula is C13H10BrFN2O2S2. The first-order valence-electron chi connectivity index (χ1n) is 5.86. The molecule has 1 aromatic carbocycles. The molecule has 0 spiro atoms. The average Bonchev–Trinajstić information content (AvgIpc) is 2.84. The first-order chi connectivity index (χ1) is 9.94. The highest BCUT2D eigenvalue weighted by Gasteiger charge is 2.20. The zero-order valence-corrected chi connectivity index (χ0v) is 13.9. The molecule has 1 heterocycles. The summed E-state index contributed by atoms with van der Waals surface area (Å²) in [6, 6.07) is 8.90. The fraction of sp³-hybridized carbons (Fsp3) is 0.154. The summed E-state index contributed by atoms with van der Waals surface area (Å²) in [5.74, 6) is -0.845. The topological polar surface area (TPSA) is 70.0 Å². The van der Waals surface area contributed by atoms with E-state index in [2.05, 4.69) is 20.7 Å². The Kier molecular flexibility index (Phi) is 5.11. The molecule has 2 aromatic rings. The Morgan fingerprint density at radius 3 is 2.71 bits per heavy atom. The third-order valence-corrected chi connectivity index (χ3v) is 5.86. The predicted molar refractivity (Wildman–Crippen MR) is 82.0 cm³/mol. The molecule has 0 bridgehead atoms. The molecule has 0 fully saturated rings. The Morgan fingerprint density at radius 2 is 2.10 bits per heavy atom. The fourth-order valence-electron chi connectivity index (χ4n) is 1.71. The number of hydrogen-bond donors (Lipinski definition) is 1. The average molecular weight is 389 g/mol. The first-order valence-corrected chi connectivity index (χ1v) is 8.96. The Balaban J connectivity index is 2.12. The summed E-state index contributed by atoms with van der Waals surface area (Å²) in [6.07, 6.45) is 0.521. The summed E-state index contributed by atoms with van der Waals surface area (Å²) in [5.41, 5.74) is -0.469. The molecule has 0 unspecified atom stereocenters. The Bertz CT molecular complexity index is 797. The highest BCUT2D eigenvalue weighted by molar-refractivity contribution is 9.11. The summed E-state index contributed by atoms with van der Waals surface area (Å²) in [6.45, 7) is 0.177. The van der Waals surface area contributed by atoms with Crippen LogP contribution in [-0.2, 0) is 16.4 Å². The van der Waals surface area contributed by atoms with E-state index in [-0.39, 0.29) is 11.4 Å². The minimum atomic E-state index is -3.91. The molecule has 110 valence electrons. The van der Waals surface area contributed by atoms with Gasteiger partial charge in [0.2, 0.25) is 10.0 Å². The van der Waals surface area contributed by atoms with Crippen LogP contribution < -0.4 is 4.72 Å². The lowest BCUT2D eigenvalue weighted by Gasteiger charge is -2.08. The number of thiophene rings is 1. The van der Waals surface area contributed by atoms with Gasteiger partial charge in [0.1, 0.15) is 22.3 Å². The van der Waals surface area contributed by atoms with Crippen LogP contribution in [0.2, 0.25) is 0 Å². The minimum absolute atomic E-state index is 0.177. The molecular weight excluding hydrogens is 379 g/mol. The summed E-state index contributed by atoms with van der Waals surface area (Å²) >= 11 is 4.84. The second-order valence-electron chi connectivity index (χ2n) is 4.08. The molecule has 0 saturated heterocycles. The van der Waals surface area contributed by atoms with E-state index >= 15 is 0 Å². The normalized spacial score (nSPS) is 11.3. The van der Waals surface area contributed by atoms with Crippen molar-refractivity contribution in [3.05, 3.63) is 50.4 Å². The van der Waals surface area contributed by atoms with Gasteiger partial charge in [0, 0.05) is 11.4 Å². The van der Waals surface area contributed by atoms with E-state index in [1.54, 1.807) is 6.07 Å². The molecule has 0 aliphatic heterocycles. The van der Waals surface area contributed by atoms with Crippen LogP contribution in [0.5, 0.6) is 0 Å². The van der Waals surface area contributed by atoms with Crippen LogP contribution in [-0.4, -0.2) is 15.0 Å². The van der Waals surface area contributed by atoms with E-state index in [1.807, 2.05) is 12.1 Å². The van der Waals surface area contributed by atoms with E-state index in [0.29, 0.717) is 6.42 Å². The van der Waals surface area contributed by atoms with Crippen molar-refractivity contribution in [3.63, 3.8) is 0 Å². The molecule has 0 radical (unpaired) electrons. The van der Waals surface area contributed by atoms with Gasteiger partial charge < -0.3 is 0 Å². The van der Waals surface area contributed by atoms with Crippen molar-refractivity contribution in [3.8, 4) is 6.07 Å². The SMILES string of the molecule is N#Cc1c(F)cccc1S(=O)(=O)NCCc1ccc(Br)s1. The van der Waals surface area contributed by atoms with E-state index in [9.17, 15) is 12.8 Å². The summed E-state index contributed by atoms with van der Waals surface area (Å²) in [5, 5.41) is 8.88. The third kappa shape index (κ3) is 3.89. The monoisotopic (exact) mass is 388 g/mol. The second kappa shape index (κ2) is 6.66. The van der Waals surface area contributed by atoms with Gasteiger partial charge in [-0.1, -0.05) is 6.07 Å². The van der Waals surface area contributed by atoms with Crippen molar-refractivity contribution >= 4 is 37.3 Å². The zero-order valence-electron chi connectivity index (χ0n) is 10.6. The number of nitrogens with one attached hydrogen (secondary N) is 1. The van der Waals surface area contributed by atoms with Crippen LogP contribution in [0.25, 0.3) is 0 Å². The van der Waals surface area contributed by atoms with Crippen LogP contribution in [0.1, 0.15) is 10.4 Å². The molecule has 1 N–H and O–H groups in total. The van der Waals surface area contributed by atoms with E-state index in [1.165, 1.54) is 23.5 Å². The Hall–Kier alpha value is -1.27. The quantitative estimate of drug-likeness (QED) is 0.855. The van der Waals surface area contributed by atoms with Gasteiger partial charge in [-0.3, -0.25) is 0 Å². The van der Waals surface area contributed by atoms with Gasteiger partial charge in [-0.05, 0) is 46.6 Å². The van der Waals surface area contributed by atoms with Gasteiger partial charge in [-0.25, -0.2) is 17.5 Å². The molecule has 0 atom stereocenters. The van der Waals surface area contributed by atoms with Crippen molar-refractivity contribution < 1.29 is 12.8 Å². The molecule has 21 heavy (non-hydrogen) atoms. The molecule has 0 amide bonds. The van der Waals surface area contributed by atoms with Crippen LogP contribution >= 0.6 is 27.3 Å². The predicted octanol–water partition coefficient (Wildman–Crippen LogP) is 3.04. The lowest BCUT2D eigenvalue weighted by molar-refractivity contribution is 0.576. The molecule has 0 saturated carbocycles. The number of rotatable bonds is 5. The Labute approximate surface area is 134 Å². The van der Waals surface area contributed by atoms with Crippen LogP contribution in [0.3, 0.4) is 0 Å². The first kappa shape index (κ1) is 16.1. The lowest BCUT2D eigenvalue weighted by Crippen LogP contribution is -2.26. The zero-order chi connectivity index (χ0) is 15.5. The van der Waals surface area contributed by atoms with E-state index in [0.717, 1.165) is 14.7 Å². The third-order valence-electron chi connectivity index (χ3n) is 2.67. The Morgan fingerprint density at radius 1 is 1.33 bits per heavy atom.